The van der Waals surface area contributed by atoms with E-state index in [9.17, 15) is 14.9 Å². The standard InChI is InChI=1S/C12H11ClN4O3/c1-7-3-4-9(16(7)2)12(18)15-11-8(17(19)20)5-6-10(13)14-11/h3-6H,1-2H3,(H,14,15,18). The van der Waals surface area contributed by atoms with Gasteiger partial charge in [0.1, 0.15) is 10.8 Å². The summed E-state index contributed by atoms with van der Waals surface area (Å²) in [5.41, 5.74) is 0.955. The number of pyridine rings is 1. The van der Waals surface area contributed by atoms with Gasteiger partial charge in [0, 0.05) is 18.8 Å². The van der Waals surface area contributed by atoms with Crippen LogP contribution in [0.15, 0.2) is 24.3 Å². The molecular formula is C12H11ClN4O3. The maximum Gasteiger partial charge on any atom is 0.311 e. The van der Waals surface area contributed by atoms with Crippen LogP contribution in [0.3, 0.4) is 0 Å². The highest BCUT2D eigenvalue weighted by Gasteiger charge is 2.20. The highest BCUT2D eigenvalue weighted by molar-refractivity contribution is 6.29. The van der Waals surface area contributed by atoms with E-state index in [1.54, 1.807) is 23.7 Å². The summed E-state index contributed by atoms with van der Waals surface area (Å²) < 4.78 is 1.67. The third-order valence-electron chi connectivity index (χ3n) is 2.87. The van der Waals surface area contributed by atoms with Crippen molar-refractivity contribution in [3.05, 3.63) is 50.9 Å². The first-order chi connectivity index (χ1) is 9.40. The van der Waals surface area contributed by atoms with Crippen LogP contribution in [0.1, 0.15) is 16.2 Å². The molecule has 0 aliphatic rings. The van der Waals surface area contributed by atoms with Crippen molar-refractivity contribution in [1.29, 1.82) is 0 Å². The van der Waals surface area contributed by atoms with E-state index in [0.29, 0.717) is 5.69 Å². The van der Waals surface area contributed by atoms with Crippen LogP contribution >= 0.6 is 11.6 Å². The second kappa shape index (κ2) is 5.30. The van der Waals surface area contributed by atoms with Crippen LogP contribution in [0.5, 0.6) is 0 Å². The molecule has 2 rings (SSSR count). The molecule has 2 aromatic heterocycles. The molecule has 20 heavy (non-hydrogen) atoms. The van der Waals surface area contributed by atoms with Crippen LogP contribution in [0.4, 0.5) is 11.5 Å². The van der Waals surface area contributed by atoms with Crippen molar-refractivity contribution in [1.82, 2.24) is 9.55 Å². The third-order valence-corrected chi connectivity index (χ3v) is 3.08. The molecule has 0 fully saturated rings. The maximum atomic E-state index is 12.1. The van der Waals surface area contributed by atoms with Gasteiger partial charge >= 0.3 is 5.69 Å². The number of carbonyl (C=O) groups excluding carboxylic acids is 1. The SMILES string of the molecule is Cc1ccc(C(=O)Nc2nc(Cl)ccc2[N+](=O)[O-])n1C. The summed E-state index contributed by atoms with van der Waals surface area (Å²) in [6.07, 6.45) is 0. The molecule has 0 aromatic carbocycles. The molecule has 0 saturated heterocycles. The van der Waals surface area contributed by atoms with Gasteiger partial charge in [-0.3, -0.25) is 20.2 Å². The van der Waals surface area contributed by atoms with Crippen LogP contribution in [0, 0.1) is 17.0 Å². The van der Waals surface area contributed by atoms with Crippen molar-refractivity contribution in [2.75, 3.05) is 5.32 Å². The second-order valence-corrected chi connectivity index (χ2v) is 4.52. The Morgan fingerprint density at radius 1 is 1.40 bits per heavy atom. The molecule has 0 unspecified atom stereocenters. The summed E-state index contributed by atoms with van der Waals surface area (Å²) in [4.78, 5) is 26.1. The van der Waals surface area contributed by atoms with Gasteiger partial charge in [-0.25, -0.2) is 4.98 Å². The van der Waals surface area contributed by atoms with Gasteiger partial charge in [0.25, 0.3) is 5.91 Å². The van der Waals surface area contributed by atoms with E-state index in [1.165, 1.54) is 12.1 Å². The van der Waals surface area contributed by atoms with Crippen molar-refractivity contribution < 1.29 is 9.72 Å². The number of aromatic nitrogens is 2. The van der Waals surface area contributed by atoms with Gasteiger partial charge in [-0.05, 0) is 25.1 Å². The molecule has 7 nitrogen and oxygen atoms in total. The third kappa shape index (κ3) is 2.62. The van der Waals surface area contributed by atoms with Crippen molar-refractivity contribution in [3.8, 4) is 0 Å². The quantitative estimate of drug-likeness (QED) is 0.535. The predicted molar refractivity (Wildman–Crippen MR) is 74.0 cm³/mol. The van der Waals surface area contributed by atoms with E-state index >= 15 is 0 Å². The Morgan fingerprint density at radius 3 is 2.65 bits per heavy atom. The van der Waals surface area contributed by atoms with Gasteiger partial charge in [-0.2, -0.15) is 0 Å². The highest BCUT2D eigenvalue weighted by Crippen LogP contribution is 2.24. The first kappa shape index (κ1) is 14.0. The van der Waals surface area contributed by atoms with E-state index < -0.39 is 10.8 Å². The fourth-order valence-electron chi connectivity index (χ4n) is 1.68. The van der Waals surface area contributed by atoms with Gasteiger partial charge in [0.2, 0.25) is 5.82 Å². The molecule has 0 saturated carbocycles. The number of hydrogen-bond donors (Lipinski definition) is 1. The highest BCUT2D eigenvalue weighted by atomic mass is 35.5. The van der Waals surface area contributed by atoms with Crippen molar-refractivity contribution in [2.45, 2.75) is 6.92 Å². The van der Waals surface area contributed by atoms with E-state index in [1.807, 2.05) is 6.92 Å². The van der Waals surface area contributed by atoms with Gasteiger partial charge in [-0.1, -0.05) is 11.6 Å². The number of nitro groups is 1. The average molecular weight is 295 g/mol. The smallest absolute Gasteiger partial charge is 0.311 e. The Labute approximate surface area is 119 Å². The number of halogens is 1. The number of nitrogens with one attached hydrogen (secondary N) is 1. The predicted octanol–water partition coefficient (Wildman–Crippen LogP) is 2.54. The van der Waals surface area contributed by atoms with Gasteiger partial charge < -0.3 is 4.57 Å². The number of hydrogen-bond acceptors (Lipinski definition) is 4. The minimum Gasteiger partial charge on any atom is -0.344 e. The first-order valence-corrected chi connectivity index (χ1v) is 6.02. The molecule has 1 amide bonds. The van der Waals surface area contributed by atoms with E-state index in [0.717, 1.165) is 5.69 Å². The Kier molecular flexibility index (Phi) is 3.71. The van der Waals surface area contributed by atoms with Gasteiger partial charge in [0.15, 0.2) is 0 Å². The van der Waals surface area contributed by atoms with Crippen LogP contribution < -0.4 is 5.32 Å². The molecule has 8 heteroatoms. The molecule has 0 aliphatic carbocycles. The lowest BCUT2D eigenvalue weighted by Crippen LogP contribution is -2.17. The molecule has 0 radical (unpaired) electrons. The molecule has 2 aromatic rings. The summed E-state index contributed by atoms with van der Waals surface area (Å²) in [5.74, 6) is -0.662. The van der Waals surface area contributed by atoms with E-state index in [2.05, 4.69) is 10.3 Å². The second-order valence-electron chi connectivity index (χ2n) is 4.13. The van der Waals surface area contributed by atoms with Crippen molar-refractivity contribution in [3.63, 3.8) is 0 Å². The first-order valence-electron chi connectivity index (χ1n) is 5.64. The van der Waals surface area contributed by atoms with Crippen LogP contribution in [0.25, 0.3) is 0 Å². The molecular weight excluding hydrogens is 284 g/mol. The number of anilines is 1. The largest absolute Gasteiger partial charge is 0.344 e. The van der Waals surface area contributed by atoms with Crippen molar-refractivity contribution in [2.24, 2.45) is 7.05 Å². The summed E-state index contributed by atoms with van der Waals surface area (Å²) >= 11 is 5.70. The summed E-state index contributed by atoms with van der Waals surface area (Å²) in [6.45, 7) is 1.84. The Hall–Kier alpha value is -2.41. The minimum atomic E-state index is -0.630. The normalized spacial score (nSPS) is 10.3. The lowest BCUT2D eigenvalue weighted by molar-refractivity contribution is -0.384. The number of nitrogens with zero attached hydrogens (tertiary/aromatic N) is 3. The zero-order chi connectivity index (χ0) is 14.9. The van der Waals surface area contributed by atoms with Crippen LogP contribution in [-0.2, 0) is 7.05 Å². The van der Waals surface area contributed by atoms with E-state index in [-0.39, 0.29) is 16.7 Å². The molecule has 104 valence electrons. The fraction of sp³-hybridized carbons (Fsp3) is 0.167. The lowest BCUT2D eigenvalue weighted by atomic mass is 10.3. The Balaban J connectivity index is 2.35. The molecule has 0 spiro atoms. The molecule has 0 atom stereocenters. The van der Waals surface area contributed by atoms with E-state index in [4.69, 9.17) is 11.6 Å². The monoisotopic (exact) mass is 294 g/mol. The van der Waals surface area contributed by atoms with Crippen molar-refractivity contribution >= 4 is 29.0 Å². The fourth-order valence-corrected chi connectivity index (χ4v) is 1.83. The Morgan fingerprint density at radius 2 is 2.10 bits per heavy atom. The molecule has 0 aliphatic heterocycles. The summed E-state index contributed by atoms with van der Waals surface area (Å²) in [7, 11) is 1.73. The number of amides is 1. The topological polar surface area (TPSA) is 90.1 Å². The summed E-state index contributed by atoms with van der Waals surface area (Å²) in [6, 6.07) is 5.89. The van der Waals surface area contributed by atoms with Crippen LogP contribution in [-0.4, -0.2) is 20.4 Å². The van der Waals surface area contributed by atoms with Crippen LogP contribution in [0.2, 0.25) is 5.15 Å². The minimum absolute atomic E-state index is 0.0639. The molecule has 1 N–H and O–H groups in total. The number of aryl methyl sites for hydroxylation is 1. The molecule has 0 bridgehead atoms. The maximum absolute atomic E-state index is 12.1. The number of rotatable bonds is 3. The molecule has 2 heterocycles. The van der Waals surface area contributed by atoms with Gasteiger partial charge in [-0.15, -0.1) is 0 Å². The summed E-state index contributed by atoms with van der Waals surface area (Å²) in [5, 5.41) is 13.4. The Bertz CT molecular complexity index is 696. The zero-order valence-corrected chi connectivity index (χ0v) is 11.5. The zero-order valence-electron chi connectivity index (χ0n) is 10.8. The average Bonchev–Trinajstić information content (AvgIpc) is 2.69. The lowest BCUT2D eigenvalue weighted by Gasteiger charge is -2.07. The van der Waals surface area contributed by atoms with Gasteiger partial charge in [0.05, 0.1) is 4.92 Å². The number of carbonyl (C=O) groups is 1.